The molecule has 0 saturated heterocycles. The molecule has 34 heavy (non-hydrogen) atoms. The van der Waals surface area contributed by atoms with Crippen LogP contribution >= 0.6 is 7.29 Å². The molecule has 2 atom stereocenters. The van der Waals surface area contributed by atoms with Crippen LogP contribution in [0.1, 0.15) is 48.0 Å². The van der Waals surface area contributed by atoms with Gasteiger partial charge in [-0.15, -0.1) is 0 Å². The molecule has 0 unspecified atom stereocenters. The van der Waals surface area contributed by atoms with Crippen LogP contribution in [0, 0.1) is 0 Å². The SMILES string of the molecule is CCCOC(=O)C(C)(C)N[P@](=O)(CO[C@H](C)Cn1cnc2c(N)ncnc21)CC(=O)OC(C)C. The van der Waals surface area contributed by atoms with E-state index in [1.807, 2.05) is 6.92 Å². The minimum absolute atomic E-state index is 0.240. The van der Waals surface area contributed by atoms with Crippen LogP contribution in [-0.4, -0.2) is 68.3 Å². The Kier molecular flexibility index (Phi) is 9.54. The van der Waals surface area contributed by atoms with E-state index in [0.717, 1.165) is 0 Å². The number of nitrogens with zero attached hydrogens (tertiary/aromatic N) is 4. The van der Waals surface area contributed by atoms with Gasteiger partial charge >= 0.3 is 11.9 Å². The van der Waals surface area contributed by atoms with Crippen LogP contribution in [0.25, 0.3) is 11.2 Å². The lowest BCUT2D eigenvalue weighted by atomic mass is 10.1. The first-order chi connectivity index (χ1) is 15.9. The first kappa shape index (κ1) is 27.7. The summed E-state index contributed by atoms with van der Waals surface area (Å²) in [6, 6.07) is 0. The molecule has 2 rings (SSSR count). The third kappa shape index (κ3) is 7.75. The van der Waals surface area contributed by atoms with Crippen molar-refractivity contribution < 1.29 is 28.4 Å². The molecule has 0 bridgehead atoms. The number of nitrogen functional groups attached to an aromatic ring is 1. The van der Waals surface area contributed by atoms with E-state index in [-0.39, 0.29) is 24.9 Å². The Hall–Kier alpha value is -2.56. The molecule has 0 radical (unpaired) electrons. The van der Waals surface area contributed by atoms with Crippen LogP contribution in [0.2, 0.25) is 0 Å². The minimum atomic E-state index is -3.56. The molecular formula is C21H35N6O6P. The fraction of sp³-hybridized carbons (Fsp3) is 0.667. The molecule has 0 fully saturated rings. The van der Waals surface area contributed by atoms with Crippen molar-refractivity contribution in [2.24, 2.45) is 0 Å². The van der Waals surface area contributed by atoms with E-state index in [4.69, 9.17) is 19.9 Å². The number of ether oxygens (including phenoxy) is 3. The van der Waals surface area contributed by atoms with E-state index in [0.29, 0.717) is 24.1 Å². The third-order valence-electron chi connectivity index (χ3n) is 4.63. The lowest BCUT2D eigenvalue weighted by Crippen LogP contribution is -2.47. The molecule has 2 aromatic heterocycles. The van der Waals surface area contributed by atoms with Gasteiger partial charge in [-0.05, 0) is 41.0 Å². The Bertz CT molecular complexity index is 1040. The van der Waals surface area contributed by atoms with Crippen LogP contribution < -0.4 is 10.8 Å². The molecule has 13 heteroatoms. The third-order valence-corrected chi connectivity index (χ3v) is 6.94. The highest BCUT2D eigenvalue weighted by atomic mass is 31.2. The number of aromatic nitrogens is 4. The maximum atomic E-state index is 13.8. The normalized spacial score (nSPS) is 14.7. The second-order valence-electron chi connectivity index (χ2n) is 8.89. The van der Waals surface area contributed by atoms with Gasteiger partial charge in [0, 0.05) is 0 Å². The number of hydrogen-bond donors (Lipinski definition) is 2. The molecule has 0 aliphatic rings. The predicted octanol–water partition coefficient (Wildman–Crippen LogP) is 2.32. The number of carbonyl (C=O) groups excluding carboxylic acids is 2. The number of fused-ring (bicyclic) bond motifs is 1. The van der Waals surface area contributed by atoms with E-state index < -0.39 is 37.0 Å². The summed E-state index contributed by atoms with van der Waals surface area (Å²) in [7, 11) is -3.56. The van der Waals surface area contributed by atoms with E-state index in [9.17, 15) is 14.2 Å². The van der Waals surface area contributed by atoms with Gasteiger partial charge in [0.05, 0.1) is 31.7 Å². The summed E-state index contributed by atoms with van der Waals surface area (Å²) in [5, 5.41) is 2.83. The molecule has 0 saturated carbocycles. The zero-order valence-electron chi connectivity index (χ0n) is 20.6. The molecule has 0 amide bonds. The second-order valence-corrected chi connectivity index (χ2v) is 11.5. The Morgan fingerprint density at radius 1 is 1.24 bits per heavy atom. The average molecular weight is 499 g/mol. The van der Waals surface area contributed by atoms with Gasteiger partial charge in [0.1, 0.15) is 29.9 Å². The number of nitrogens with two attached hydrogens (primary N) is 1. The summed E-state index contributed by atoms with van der Waals surface area (Å²) in [6.45, 7) is 10.7. The Labute approximate surface area is 199 Å². The van der Waals surface area contributed by atoms with E-state index >= 15 is 0 Å². The largest absolute Gasteiger partial charge is 0.464 e. The molecule has 0 spiro atoms. The summed E-state index contributed by atoms with van der Waals surface area (Å²) in [4.78, 5) is 37.1. The van der Waals surface area contributed by atoms with Gasteiger partial charge in [0.15, 0.2) is 18.8 Å². The van der Waals surface area contributed by atoms with Crippen molar-refractivity contribution >= 4 is 36.2 Å². The van der Waals surface area contributed by atoms with Crippen LogP contribution in [0.15, 0.2) is 12.7 Å². The average Bonchev–Trinajstić information content (AvgIpc) is 3.13. The topological polar surface area (TPSA) is 161 Å². The highest BCUT2D eigenvalue weighted by Crippen LogP contribution is 2.44. The van der Waals surface area contributed by atoms with E-state index in [2.05, 4.69) is 20.0 Å². The highest BCUT2D eigenvalue weighted by Gasteiger charge is 2.39. The monoisotopic (exact) mass is 498 g/mol. The number of carbonyl (C=O) groups is 2. The minimum Gasteiger partial charge on any atom is -0.464 e. The first-order valence-corrected chi connectivity index (χ1v) is 13.2. The molecule has 2 aromatic rings. The Morgan fingerprint density at radius 2 is 1.94 bits per heavy atom. The quantitative estimate of drug-likeness (QED) is 0.308. The van der Waals surface area contributed by atoms with Crippen molar-refractivity contribution in [3.8, 4) is 0 Å². The molecular weight excluding hydrogens is 463 g/mol. The van der Waals surface area contributed by atoms with Crippen LogP contribution in [0.5, 0.6) is 0 Å². The van der Waals surface area contributed by atoms with Crippen molar-refractivity contribution in [3.05, 3.63) is 12.7 Å². The van der Waals surface area contributed by atoms with Crippen molar-refractivity contribution in [2.75, 3.05) is 24.9 Å². The van der Waals surface area contributed by atoms with Gasteiger partial charge in [-0.2, -0.15) is 0 Å². The fourth-order valence-corrected chi connectivity index (χ4v) is 5.50. The predicted molar refractivity (Wildman–Crippen MR) is 127 cm³/mol. The van der Waals surface area contributed by atoms with E-state index in [1.165, 1.54) is 6.33 Å². The number of hydrogen-bond acceptors (Lipinski definition) is 10. The zero-order chi connectivity index (χ0) is 25.5. The summed E-state index contributed by atoms with van der Waals surface area (Å²) >= 11 is 0. The van der Waals surface area contributed by atoms with Crippen molar-refractivity contribution in [1.29, 1.82) is 0 Å². The number of esters is 2. The standard InChI is InChI=1S/C21H35N6O6P/c1-7-8-31-20(29)21(5,6)26-34(30,10-16(28)33-14(2)3)13-32-15(4)9-27-12-25-17-18(22)23-11-24-19(17)27/h11-12,14-15H,7-10,13H2,1-6H3,(H,26,30)(H2,22,23,24)/t15-,34-/m1/s1. The maximum absolute atomic E-state index is 13.8. The molecule has 0 aliphatic carbocycles. The van der Waals surface area contributed by atoms with Crippen LogP contribution in [0.3, 0.4) is 0 Å². The summed E-state index contributed by atoms with van der Waals surface area (Å²) in [5.74, 6) is -0.943. The number of rotatable bonds is 13. The Morgan fingerprint density at radius 3 is 2.59 bits per heavy atom. The van der Waals surface area contributed by atoms with Gasteiger partial charge < -0.3 is 29.1 Å². The highest BCUT2D eigenvalue weighted by molar-refractivity contribution is 7.62. The van der Waals surface area contributed by atoms with E-state index in [1.54, 1.807) is 45.5 Å². The van der Waals surface area contributed by atoms with Gasteiger partial charge in [0.25, 0.3) is 0 Å². The van der Waals surface area contributed by atoms with Gasteiger partial charge in [-0.3, -0.25) is 9.59 Å². The number of anilines is 1. The van der Waals surface area contributed by atoms with Gasteiger partial charge in [0.2, 0.25) is 0 Å². The molecule has 0 aliphatic heterocycles. The summed E-state index contributed by atoms with van der Waals surface area (Å²) in [6.07, 6.45) is 2.04. The van der Waals surface area contributed by atoms with Gasteiger partial charge in [-0.1, -0.05) is 6.92 Å². The molecule has 3 N–H and O–H groups in total. The van der Waals surface area contributed by atoms with Crippen molar-refractivity contribution in [1.82, 2.24) is 24.6 Å². The summed E-state index contributed by atoms with van der Waals surface area (Å²) in [5.41, 5.74) is 5.55. The smallest absolute Gasteiger partial charge is 0.326 e. The first-order valence-electron chi connectivity index (χ1n) is 11.1. The van der Waals surface area contributed by atoms with Gasteiger partial charge in [-0.25, -0.2) is 20.0 Å². The molecule has 0 aromatic carbocycles. The van der Waals surface area contributed by atoms with Crippen molar-refractivity contribution in [2.45, 2.75) is 72.3 Å². The Balaban J connectivity index is 2.13. The molecule has 190 valence electrons. The summed E-state index contributed by atoms with van der Waals surface area (Å²) < 4.78 is 31.8. The number of nitrogens with one attached hydrogen (secondary N) is 1. The lowest BCUT2D eigenvalue weighted by Gasteiger charge is -2.30. The maximum Gasteiger partial charge on any atom is 0.326 e. The van der Waals surface area contributed by atoms with Crippen LogP contribution in [0.4, 0.5) is 5.82 Å². The fourth-order valence-electron chi connectivity index (χ4n) is 3.17. The molecule has 12 nitrogen and oxygen atoms in total. The lowest BCUT2D eigenvalue weighted by molar-refractivity contribution is -0.149. The van der Waals surface area contributed by atoms with Crippen molar-refractivity contribution in [3.63, 3.8) is 0 Å². The zero-order valence-corrected chi connectivity index (χ0v) is 21.5. The second kappa shape index (κ2) is 11.7. The number of imidazole rings is 1. The van der Waals surface area contributed by atoms with Crippen LogP contribution in [-0.2, 0) is 34.9 Å². The molecule has 2 heterocycles.